The summed E-state index contributed by atoms with van der Waals surface area (Å²) >= 11 is 5.79. The second-order valence-electron chi connectivity index (χ2n) is 4.55. The van der Waals surface area contributed by atoms with Gasteiger partial charge in [-0.25, -0.2) is 9.21 Å². The Morgan fingerprint density at radius 1 is 1.40 bits per heavy atom. The lowest BCUT2D eigenvalue weighted by atomic mass is 10.1. The lowest BCUT2D eigenvalue weighted by molar-refractivity contribution is -0.131. The Labute approximate surface area is 95.3 Å². The topological polar surface area (TPSA) is 40.6 Å². The normalized spacial score (nSPS) is 22.5. The molecule has 1 fully saturated rings. The SMILES string of the molecule is CCC(C)CN1C(=O)N(Cl)C(C)(C)C1=O. The van der Waals surface area contributed by atoms with E-state index in [4.69, 9.17) is 11.8 Å². The van der Waals surface area contributed by atoms with Crippen LogP contribution in [0.25, 0.3) is 0 Å². The van der Waals surface area contributed by atoms with E-state index in [-0.39, 0.29) is 5.91 Å². The molecule has 0 aromatic heterocycles. The molecule has 0 aliphatic carbocycles. The van der Waals surface area contributed by atoms with Crippen molar-refractivity contribution in [3.8, 4) is 0 Å². The van der Waals surface area contributed by atoms with Crippen molar-refractivity contribution in [2.45, 2.75) is 39.7 Å². The molecule has 1 heterocycles. The van der Waals surface area contributed by atoms with Crippen LogP contribution in [0.1, 0.15) is 34.1 Å². The average molecular weight is 233 g/mol. The Balaban J connectivity index is 2.84. The van der Waals surface area contributed by atoms with Crippen LogP contribution in [0.5, 0.6) is 0 Å². The minimum absolute atomic E-state index is 0.220. The highest BCUT2D eigenvalue weighted by molar-refractivity contribution is 6.27. The van der Waals surface area contributed by atoms with Crippen LogP contribution in [-0.4, -0.2) is 33.3 Å². The smallest absolute Gasteiger partial charge is 0.272 e. The summed E-state index contributed by atoms with van der Waals surface area (Å²) in [5.74, 6) is 0.0830. The van der Waals surface area contributed by atoms with E-state index in [2.05, 4.69) is 0 Å². The molecule has 1 aliphatic heterocycles. The quantitative estimate of drug-likeness (QED) is 0.553. The number of rotatable bonds is 3. The molecule has 15 heavy (non-hydrogen) atoms. The summed E-state index contributed by atoms with van der Waals surface area (Å²) in [6.07, 6.45) is 0.930. The lowest BCUT2D eigenvalue weighted by Gasteiger charge is -2.19. The molecule has 1 unspecified atom stereocenters. The zero-order valence-corrected chi connectivity index (χ0v) is 10.3. The van der Waals surface area contributed by atoms with Crippen molar-refractivity contribution in [1.82, 2.24) is 9.32 Å². The molecule has 0 N–H and O–H groups in total. The molecule has 0 bridgehead atoms. The summed E-state index contributed by atoms with van der Waals surface area (Å²) in [6, 6.07) is -0.410. The van der Waals surface area contributed by atoms with Gasteiger partial charge in [0.1, 0.15) is 5.54 Å². The van der Waals surface area contributed by atoms with Gasteiger partial charge in [0.15, 0.2) is 0 Å². The fourth-order valence-corrected chi connectivity index (χ4v) is 1.61. The summed E-state index contributed by atoms with van der Waals surface area (Å²) in [5, 5.41) is 0. The molecule has 86 valence electrons. The first-order valence-electron chi connectivity index (χ1n) is 5.14. The molecule has 1 atom stereocenters. The molecular formula is C10H17ClN2O2. The van der Waals surface area contributed by atoms with E-state index in [1.807, 2.05) is 13.8 Å². The van der Waals surface area contributed by atoms with E-state index in [0.717, 1.165) is 10.8 Å². The zero-order valence-electron chi connectivity index (χ0n) is 9.58. The number of halogens is 1. The molecule has 1 rings (SSSR count). The molecule has 1 aliphatic rings. The van der Waals surface area contributed by atoms with Crippen molar-refractivity contribution >= 4 is 23.7 Å². The second kappa shape index (κ2) is 4.00. The first-order chi connectivity index (χ1) is 6.82. The third-order valence-corrected chi connectivity index (χ3v) is 3.42. The van der Waals surface area contributed by atoms with Crippen LogP contribution in [0.3, 0.4) is 0 Å². The van der Waals surface area contributed by atoms with Crippen LogP contribution in [0.4, 0.5) is 4.79 Å². The highest BCUT2D eigenvalue weighted by atomic mass is 35.5. The number of hydrogen-bond acceptors (Lipinski definition) is 2. The molecule has 4 nitrogen and oxygen atoms in total. The Kier molecular flexibility index (Phi) is 3.28. The van der Waals surface area contributed by atoms with Crippen molar-refractivity contribution in [1.29, 1.82) is 0 Å². The summed E-state index contributed by atoms with van der Waals surface area (Å²) in [5.41, 5.74) is -0.925. The number of hydrogen-bond donors (Lipinski definition) is 0. The van der Waals surface area contributed by atoms with Gasteiger partial charge in [0.05, 0.1) is 0 Å². The second-order valence-corrected chi connectivity index (χ2v) is 4.89. The summed E-state index contributed by atoms with van der Waals surface area (Å²) in [4.78, 5) is 24.8. The molecule has 0 radical (unpaired) electrons. The van der Waals surface area contributed by atoms with Gasteiger partial charge in [-0.1, -0.05) is 20.3 Å². The van der Waals surface area contributed by atoms with Crippen LogP contribution >= 0.6 is 11.8 Å². The standard InChI is InChI=1S/C10H17ClN2O2/c1-5-7(2)6-12-8(14)10(3,4)13(11)9(12)15/h7H,5-6H2,1-4H3. The van der Waals surface area contributed by atoms with Gasteiger partial charge in [-0.3, -0.25) is 9.69 Å². The van der Waals surface area contributed by atoms with Crippen molar-refractivity contribution in [2.24, 2.45) is 5.92 Å². The maximum absolute atomic E-state index is 11.9. The van der Waals surface area contributed by atoms with E-state index in [1.165, 1.54) is 4.90 Å². The maximum Gasteiger partial charge on any atom is 0.342 e. The minimum atomic E-state index is -0.925. The van der Waals surface area contributed by atoms with E-state index in [1.54, 1.807) is 13.8 Å². The highest BCUT2D eigenvalue weighted by Gasteiger charge is 2.51. The summed E-state index contributed by atoms with van der Waals surface area (Å²) < 4.78 is 0.984. The molecular weight excluding hydrogens is 216 g/mol. The van der Waals surface area contributed by atoms with E-state index < -0.39 is 11.6 Å². The van der Waals surface area contributed by atoms with Gasteiger partial charge in [-0.2, -0.15) is 0 Å². The van der Waals surface area contributed by atoms with Crippen molar-refractivity contribution in [3.05, 3.63) is 0 Å². The van der Waals surface area contributed by atoms with Crippen LogP contribution < -0.4 is 0 Å². The fourth-order valence-electron chi connectivity index (χ4n) is 1.45. The molecule has 5 heteroatoms. The number of carbonyl (C=O) groups excluding carboxylic acids is 2. The zero-order chi connectivity index (χ0) is 11.8. The Morgan fingerprint density at radius 2 is 1.93 bits per heavy atom. The number of urea groups is 1. The average Bonchev–Trinajstić information content (AvgIpc) is 2.33. The number of amides is 3. The van der Waals surface area contributed by atoms with Gasteiger partial charge in [-0.05, 0) is 19.8 Å². The van der Waals surface area contributed by atoms with Crippen molar-refractivity contribution in [2.75, 3.05) is 6.54 Å². The van der Waals surface area contributed by atoms with Crippen molar-refractivity contribution < 1.29 is 9.59 Å². The van der Waals surface area contributed by atoms with E-state index in [9.17, 15) is 9.59 Å². The number of carbonyl (C=O) groups is 2. The van der Waals surface area contributed by atoms with Gasteiger partial charge >= 0.3 is 6.03 Å². The summed E-state index contributed by atoms with van der Waals surface area (Å²) in [6.45, 7) is 7.78. The predicted molar refractivity (Wildman–Crippen MR) is 58.3 cm³/mol. The van der Waals surface area contributed by atoms with Gasteiger partial charge in [-0.15, -0.1) is 0 Å². The molecule has 0 aromatic rings. The molecule has 0 aromatic carbocycles. The molecule has 3 amide bonds. The molecule has 0 saturated carbocycles. The third-order valence-electron chi connectivity index (χ3n) is 2.85. The highest BCUT2D eigenvalue weighted by Crippen LogP contribution is 2.30. The first-order valence-corrected chi connectivity index (χ1v) is 5.48. The van der Waals surface area contributed by atoms with Crippen LogP contribution in [0.2, 0.25) is 0 Å². The fraction of sp³-hybridized carbons (Fsp3) is 0.800. The van der Waals surface area contributed by atoms with Gasteiger partial charge in [0, 0.05) is 18.3 Å². The minimum Gasteiger partial charge on any atom is -0.272 e. The Morgan fingerprint density at radius 3 is 2.27 bits per heavy atom. The van der Waals surface area contributed by atoms with Gasteiger partial charge < -0.3 is 0 Å². The van der Waals surface area contributed by atoms with Gasteiger partial charge in [0.25, 0.3) is 5.91 Å². The molecule has 0 spiro atoms. The monoisotopic (exact) mass is 232 g/mol. The van der Waals surface area contributed by atoms with Crippen LogP contribution in [0.15, 0.2) is 0 Å². The van der Waals surface area contributed by atoms with E-state index in [0.29, 0.717) is 12.5 Å². The van der Waals surface area contributed by atoms with Gasteiger partial charge in [0.2, 0.25) is 0 Å². The Bertz CT molecular complexity index is 291. The predicted octanol–water partition coefficient (Wildman–Crippen LogP) is 2.23. The number of nitrogens with zero attached hydrogens (tertiary/aromatic N) is 2. The van der Waals surface area contributed by atoms with Crippen LogP contribution in [-0.2, 0) is 4.79 Å². The van der Waals surface area contributed by atoms with Crippen LogP contribution in [0, 0.1) is 5.92 Å². The lowest BCUT2D eigenvalue weighted by Crippen LogP contribution is -2.40. The van der Waals surface area contributed by atoms with E-state index >= 15 is 0 Å². The summed E-state index contributed by atoms with van der Waals surface area (Å²) in [7, 11) is 0. The Hall–Kier alpha value is -0.770. The largest absolute Gasteiger partial charge is 0.342 e. The number of imide groups is 1. The first kappa shape index (κ1) is 12.3. The maximum atomic E-state index is 11.9. The van der Waals surface area contributed by atoms with Crippen molar-refractivity contribution in [3.63, 3.8) is 0 Å². The third kappa shape index (κ3) is 1.95. The molecule has 1 saturated heterocycles.